The molecule has 2 aromatic carbocycles. The molecule has 0 aromatic heterocycles. The number of anilines is 1. The predicted octanol–water partition coefficient (Wildman–Crippen LogP) is 3.59. The quantitative estimate of drug-likeness (QED) is 0.564. The highest BCUT2D eigenvalue weighted by Crippen LogP contribution is 2.23. The second-order valence-corrected chi connectivity index (χ2v) is 7.85. The molecule has 33 heavy (non-hydrogen) atoms. The van der Waals surface area contributed by atoms with Crippen LogP contribution in [-0.4, -0.2) is 54.7 Å². The van der Waals surface area contributed by atoms with Crippen LogP contribution < -0.4 is 10.1 Å². The van der Waals surface area contributed by atoms with E-state index in [1.165, 1.54) is 18.2 Å². The van der Waals surface area contributed by atoms with Crippen LogP contribution in [0.1, 0.15) is 39.1 Å². The third kappa shape index (κ3) is 6.43. The number of ether oxygens (including phenoxy) is 2. The normalized spacial score (nSPS) is 13.7. The maximum Gasteiger partial charge on any atom is 0.336 e. The second kappa shape index (κ2) is 11.3. The molecule has 0 bridgehead atoms. The first-order valence-corrected chi connectivity index (χ1v) is 10.7. The summed E-state index contributed by atoms with van der Waals surface area (Å²) < 4.78 is 10.6. The Balaban J connectivity index is 1.90. The summed E-state index contributed by atoms with van der Waals surface area (Å²) in [6.45, 7) is 5.49. The number of nitrogens with zero attached hydrogens (tertiary/aromatic N) is 1. The fraction of sp³-hybridized carbons (Fsp3) is 0.320. The largest absolute Gasteiger partial charge is 0.497 e. The van der Waals surface area contributed by atoms with E-state index in [-0.39, 0.29) is 28.6 Å². The summed E-state index contributed by atoms with van der Waals surface area (Å²) in [5, 5.41) is 12.3. The minimum Gasteiger partial charge on any atom is -0.497 e. The van der Waals surface area contributed by atoms with Crippen LogP contribution in [0.5, 0.6) is 5.75 Å². The predicted molar refractivity (Wildman–Crippen MR) is 124 cm³/mol. The molecule has 1 fully saturated rings. The number of carboxylic acid groups (broad SMARTS) is 1. The van der Waals surface area contributed by atoms with Gasteiger partial charge in [-0.1, -0.05) is 18.7 Å². The molecule has 2 aromatic rings. The molecule has 1 aliphatic heterocycles. The minimum atomic E-state index is -1.25. The summed E-state index contributed by atoms with van der Waals surface area (Å²) in [5.41, 5.74) is 1.08. The van der Waals surface area contributed by atoms with Gasteiger partial charge in [0.1, 0.15) is 5.75 Å². The molecule has 3 rings (SSSR count). The van der Waals surface area contributed by atoms with E-state index in [4.69, 9.17) is 9.47 Å². The van der Waals surface area contributed by atoms with Crippen molar-refractivity contribution in [3.8, 4) is 5.75 Å². The van der Waals surface area contributed by atoms with Crippen LogP contribution >= 0.6 is 0 Å². The number of carbonyl (C=O) groups is 3. The van der Waals surface area contributed by atoms with Crippen molar-refractivity contribution in [2.75, 3.05) is 32.2 Å². The molecule has 0 spiro atoms. The summed E-state index contributed by atoms with van der Waals surface area (Å²) >= 11 is 0. The average Bonchev–Trinajstić information content (AvgIpc) is 2.84. The molecule has 0 aliphatic carbocycles. The highest BCUT2D eigenvalue weighted by atomic mass is 16.5. The number of rotatable bonds is 9. The van der Waals surface area contributed by atoms with Crippen LogP contribution in [0.3, 0.4) is 0 Å². The van der Waals surface area contributed by atoms with Gasteiger partial charge in [0.2, 0.25) is 5.91 Å². The summed E-state index contributed by atoms with van der Waals surface area (Å²) in [5.74, 6) is -1.11. The molecule has 1 saturated heterocycles. The minimum absolute atomic E-state index is 0.0691. The van der Waals surface area contributed by atoms with Crippen molar-refractivity contribution in [1.82, 2.24) is 4.90 Å². The van der Waals surface area contributed by atoms with E-state index in [1.807, 2.05) is 24.3 Å². The number of benzene rings is 2. The average molecular weight is 453 g/mol. The third-order valence-electron chi connectivity index (χ3n) is 5.57. The number of hydrogen-bond donors (Lipinski definition) is 2. The Morgan fingerprint density at radius 2 is 1.85 bits per heavy atom. The van der Waals surface area contributed by atoms with Crippen LogP contribution in [0.15, 0.2) is 55.1 Å². The van der Waals surface area contributed by atoms with Crippen LogP contribution in [0.4, 0.5) is 5.69 Å². The van der Waals surface area contributed by atoms with Crippen molar-refractivity contribution in [3.05, 3.63) is 71.8 Å². The first kappa shape index (κ1) is 24.0. The van der Waals surface area contributed by atoms with Gasteiger partial charge in [-0.2, -0.15) is 0 Å². The van der Waals surface area contributed by atoms with Crippen molar-refractivity contribution in [1.29, 1.82) is 0 Å². The van der Waals surface area contributed by atoms with Gasteiger partial charge in [-0.05, 0) is 60.7 Å². The molecule has 2 amide bonds. The molecule has 1 heterocycles. The highest BCUT2D eigenvalue weighted by molar-refractivity contribution is 6.06. The second-order valence-electron chi connectivity index (χ2n) is 7.85. The highest BCUT2D eigenvalue weighted by Gasteiger charge is 2.26. The number of nitrogens with one attached hydrogen (secondary N) is 1. The topological polar surface area (TPSA) is 105 Å². The Bertz CT molecular complexity index is 1010. The lowest BCUT2D eigenvalue weighted by atomic mass is 9.98. The summed E-state index contributed by atoms with van der Waals surface area (Å²) in [7, 11) is 1.59. The molecular formula is C25H28N2O6. The van der Waals surface area contributed by atoms with Gasteiger partial charge in [-0.15, -0.1) is 0 Å². The zero-order valence-electron chi connectivity index (χ0n) is 18.6. The van der Waals surface area contributed by atoms with Crippen molar-refractivity contribution in [2.45, 2.75) is 19.4 Å². The van der Waals surface area contributed by atoms with Gasteiger partial charge in [0, 0.05) is 32.0 Å². The Hall–Kier alpha value is -3.65. The molecule has 0 saturated carbocycles. The van der Waals surface area contributed by atoms with Crippen LogP contribution in [0.25, 0.3) is 0 Å². The van der Waals surface area contributed by atoms with Crippen molar-refractivity contribution < 1.29 is 29.0 Å². The Morgan fingerprint density at radius 3 is 2.45 bits per heavy atom. The van der Waals surface area contributed by atoms with Gasteiger partial charge in [0.25, 0.3) is 5.91 Å². The van der Waals surface area contributed by atoms with Crippen LogP contribution in [0.2, 0.25) is 0 Å². The van der Waals surface area contributed by atoms with E-state index in [9.17, 15) is 19.5 Å². The summed E-state index contributed by atoms with van der Waals surface area (Å²) in [4.78, 5) is 38.8. The van der Waals surface area contributed by atoms with Gasteiger partial charge in [-0.25, -0.2) is 4.79 Å². The SMILES string of the molecule is C=CC(=O)Nc1ccc(C(=O)N(Cc2ccc(OC)cc2)CC2CCOCC2)c(C(=O)O)c1. The third-order valence-corrected chi connectivity index (χ3v) is 5.57. The molecule has 8 nitrogen and oxygen atoms in total. The Kier molecular flexibility index (Phi) is 8.21. The fourth-order valence-electron chi connectivity index (χ4n) is 3.76. The number of methoxy groups -OCH3 is 1. The zero-order chi connectivity index (χ0) is 23.8. The number of carboxylic acids is 1. The van der Waals surface area contributed by atoms with E-state index in [2.05, 4.69) is 11.9 Å². The number of hydrogen-bond acceptors (Lipinski definition) is 5. The molecule has 1 aliphatic rings. The molecule has 174 valence electrons. The molecular weight excluding hydrogens is 424 g/mol. The molecule has 0 unspecified atom stereocenters. The van der Waals surface area contributed by atoms with Gasteiger partial charge in [0.05, 0.1) is 18.2 Å². The van der Waals surface area contributed by atoms with E-state index < -0.39 is 11.9 Å². The smallest absolute Gasteiger partial charge is 0.336 e. The first-order chi connectivity index (χ1) is 15.9. The Labute approximate surface area is 192 Å². The summed E-state index contributed by atoms with van der Waals surface area (Å²) in [6, 6.07) is 11.7. The lowest BCUT2D eigenvalue weighted by Gasteiger charge is -2.30. The van der Waals surface area contributed by atoms with Gasteiger partial charge in [-0.3, -0.25) is 9.59 Å². The van der Waals surface area contributed by atoms with Crippen molar-refractivity contribution in [2.24, 2.45) is 5.92 Å². The summed E-state index contributed by atoms with van der Waals surface area (Å²) in [6.07, 6.45) is 2.76. The van der Waals surface area contributed by atoms with E-state index >= 15 is 0 Å². The van der Waals surface area contributed by atoms with Gasteiger partial charge >= 0.3 is 5.97 Å². The van der Waals surface area contributed by atoms with E-state index in [0.717, 1.165) is 24.5 Å². The standard InChI is InChI=1S/C25H28N2O6/c1-3-23(28)26-19-6-9-21(22(14-19)25(30)31)24(29)27(16-18-10-12-33-13-11-18)15-17-4-7-20(32-2)8-5-17/h3-9,14,18H,1,10-13,15-16H2,2H3,(H,26,28)(H,30,31). The van der Waals surface area contributed by atoms with E-state index in [1.54, 1.807) is 12.0 Å². The lowest BCUT2D eigenvalue weighted by Crippen LogP contribution is -2.37. The number of carbonyl (C=O) groups excluding carboxylic acids is 2. The molecule has 0 radical (unpaired) electrons. The van der Waals surface area contributed by atoms with Crippen molar-refractivity contribution >= 4 is 23.5 Å². The van der Waals surface area contributed by atoms with Crippen LogP contribution in [-0.2, 0) is 16.1 Å². The van der Waals surface area contributed by atoms with Crippen molar-refractivity contribution in [3.63, 3.8) is 0 Å². The van der Waals surface area contributed by atoms with Gasteiger partial charge in [0.15, 0.2) is 0 Å². The zero-order valence-corrected chi connectivity index (χ0v) is 18.6. The lowest BCUT2D eigenvalue weighted by molar-refractivity contribution is -0.111. The Morgan fingerprint density at radius 1 is 1.15 bits per heavy atom. The van der Waals surface area contributed by atoms with E-state index in [0.29, 0.717) is 32.1 Å². The monoisotopic (exact) mass is 452 g/mol. The molecule has 8 heteroatoms. The molecule has 2 N–H and O–H groups in total. The first-order valence-electron chi connectivity index (χ1n) is 10.7. The molecule has 0 atom stereocenters. The number of amides is 2. The van der Waals surface area contributed by atoms with Crippen LogP contribution in [0, 0.1) is 5.92 Å². The maximum atomic E-state index is 13.6. The van der Waals surface area contributed by atoms with Gasteiger partial charge < -0.3 is 24.8 Å². The number of aromatic carboxylic acids is 1. The maximum absolute atomic E-state index is 13.6. The fourth-order valence-corrected chi connectivity index (χ4v) is 3.76.